The highest BCUT2D eigenvalue weighted by atomic mass is 35.5. The normalized spacial score (nSPS) is 13.4. The van der Waals surface area contributed by atoms with E-state index in [1.807, 2.05) is 17.6 Å². The Bertz CT molecular complexity index is 772. The Balaban J connectivity index is 2.53. The Morgan fingerprint density at radius 2 is 2.11 bits per heavy atom. The maximum absolute atomic E-state index is 11.4. The van der Waals surface area contributed by atoms with E-state index in [2.05, 4.69) is 0 Å². The largest absolute Gasteiger partial charge is 0.344 e. The Hall–Kier alpha value is -1.51. The van der Waals surface area contributed by atoms with Crippen LogP contribution in [0, 0.1) is 11.3 Å². The van der Waals surface area contributed by atoms with Gasteiger partial charge in [0.25, 0.3) is 0 Å². The zero-order valence-electron chi connectivity index (χ0n) is 10.6. The Labute approximate surface area is 117 Å². The number of fused-ring (bicyclic) bond motifs is 1. The van der Waals surface area contributed by atoms with Crippen LogP contribution in [-0.4, -0.2) is 25.0 Å². The second-order valence-corrected chi connectivity index (χ2v) is 7.20. The number of benzene rings is 1. The van der Waals surface area contributed by atoms with Crippen molar-refractivity contribution in [3.8, 4) is 6.07 Å². The summed E-state index contributed by atoms with van der Waals surface area (Å²) in [4.78, 5) is 0. The molecule has 0 saturated carbocycles. The van der Waals surface area contributed by atoms with Crippen molar-refractivity contribution in [2.24, 2.45) is 0 Å². The third-order valence-electron chi connectivity index (χ3n) is 2.98. The first-order valence-electron chi connectivity index (χ1n) is 5.70. The van der Waals surface area contributed by atoms with Crippen LogP contribution in [0.5, 0.6) is 0 Å². The van der Waals surface area contributed by atoms with Crippen LogP contribution in [0.4, 0.5) is 0 Å². The summed E-state index contributed by atoms with van der Waals surface area (Å²) in [6.45, 7) is 1.84. The van der Waals surface area contributed by atoms with Crippen molar-refractivity contribution in [2.75, 3.05) is 12.0 Å². The SMILES string of the molecule is CC(CS(C)(=O)=O)n1ccc2c(Cl)c(C#N)ccc21. The number of halogens is 1. The summed E-state index contributed by atoms with van der Waals surface area (Å²) in [5, 5.41) is 10.1. The molecular weight excluding hydrogens is 284 g/mol. The van der Waals surface area contributed by atoms with Crippen LogP contribution in [0.3, 0.4) is 0 Å². The number of aromatic nitrogens is 1. The Morgan fingerprint density at radius 1 is 1.42 bits per heavy atom. The second kappa shape index (κ2) is 4.87. The standard InChI is InChI=1S/C13H13ClN2O2S/c1-9(8-19(2,17)18)16-6-5-11-12(16)4-3-10(7-15)13(11)14/h3-6,9H,8H2,1-2H3. The quantitative estimate of drug-likeness (QED) is 0.875. The molecule has 0 aliphatic rings. The molecule has 1 heterocycles. The molecule has 4 nitrogen and oxygen atoms in total. The van der Waals surface area contributed by atoms with Crippen LogP contribution < -0.4 is 0 Å². The van der Waals surface area contributed by atoms with Gasteiger partial charge in [0.2, 0.25) is 0 Å². The third-order valence-corrected chi connectivity index (χ3v) is 4.47. The van der Waals surface area contributed by atoms with Gasteiger partial charge in [-0.3, -0.25) is 0 Å². The highest BCUT2D eigenvalue weighted by Gasteiger charge is 2.16. The molecule has 0 aliphatic carbocycles. The van der Waals surface area contributed by atoms with Gasteiger partial charge < -0.3 is 4.57 Å². The Morgan fingerprint density at radius 3 is 2.68 bits per heavy atom. The molecule has 19 heavy (non-hydrogen) atoms. The molecule has 2 aromatic rings. The lowest BCUT2D eigenvalue weighted by molar-refractivity contribution is 0.570. The third kappa shape index (κ3) is 2.75. The molecule has 2 rings (SSSR count). The van der Waals surface area contributed by atoms with Gasteiger partial charge in [-0.2, -0.15) is 5.26 Å². The lowest BCUT2D eigenvalue weighted by Crippen LogP contribution is -2.15. The summed E-state index contributed by atoms with van der Waals surface area (Å²) in [7, 11) is -3.05. The number of hydrogen-bond acceptors (Lipinski definition) is 3. The monoisotopic (exact) mass is 296 g/mol. The Kier molecular flexibility index (Phi) is 3.57. The molecule has 1 atom stereocenters. The average Bonchev–Trinajstić information content (AvgIpc) is 2.72. The molecule has 1 aromatic carbocycles. The van der Waals surface area contributed by atoms with Gasteiger partial charge in [0, 0.05) is 29.4 Å². The van der Waals surface area contributed by atoms with E-state index in [1.165, 1.54) is 6.26 Å². The molecule has 0 N–H and O–H groups in total. The predicted octanol–water partition coefficient (Wildman–Crippen LogP) is 2.77. The van der Waals surface area contributed by atoms with Crippen LogP contribution in [0.2, 0.25) is 5.02 Å². The molecule has 0 spiro atoms. The predicted molar refractivity (Wildman–Crippen MR) is 76.1 cm³/mol. The van der Waals surface area contributed by atoms with Gasteiger partial charge in [0.1, 0.15) is 15.9 Å². The van der Waals surface area contributed by atoms with E-state index in [4.69, 9.17) is 16.9 Å². The van der Waals surface area contributed by atoms with E-state index >= 15 is 0 Å². The fourth-order valence-electron chi connectivity index (χ4n) is 2.19. The van der Waals surface area contributed by atoms with Gasteiger partial charge in [0.05, 0.1) is 16.3 Å². The van der Waals surface area contributed by atoms with Gasteiger partial charge >= 0.3 is 0 Å². The van der Waals surface area contributed by atoms with Crippen molar-refractivity contribution in [1.82, 2.24) is 4.57 Å². The van der Waals surface area contributed by atoms with Crippen molar-refractivity contribution in [1.29, 1.82) is 5.26 Å². The molecule has 0 radical (unpaired) electrons. The molecule has 0 saturated heterocycles. The molecule has 1 aromatic heterocycles. The zero-order valence-corrected chi connectivity index (χ0v) is 12.2. The molecule has 0 amide bonds. The minimum Gasteiger partial charge on any atom is -0.344 e. The summed E-state index contributed by atoms with van der Waals surface area (Å²) in [5.74, 6) is 0.0639. The maximum atomic E-state index is 11.4. The summed E-state index contributed by atoms with van der Waals surface area (Å²) < 4.78 is 24.6. The van der Waals surface area contributed by atoms with Gasteiger partial charge in [-0.05, 0) is 25.1 Å². The molecule has 0 fully saturated rings. The van der Waals surface area contributed by atoms with Crippen molar-refractivity contribution >= 4 is 32.3 Å². The van der Waals surface area contributed by atoms with E-state index in [0.717, 1.165) is 10.9 Å². The number of sulfone groups is 1. The first-order valence-corrected chi connectivity index (χ1v) is 8.14. The van der Waals surface area contributed by atoms with Crippen LogP contribution in [0.15, 0.2) is 24.4 Å². The van der Waals surface area contributed by atoms with Crippen molar-refractivity contribution in [2.45, 2.75) is 13.0 Å². The van der Waals surface area contributed by atoms with Crippen molar-refractivity contribution in [3.05, 3.63) is 35.0 Å². The number of hydrogen-bond donors (Lipinski definition) is 0. The van der Waals surface area contributed by atoms with E-state index in [-0.39, 0.29) is 11.8 Å². The summed E-state index contributed by atoms with van der Waals surface area (Å²) in [5.41, 5.74) is 1.25. The summed E-state index contributed by atoms with van der Waals surface area (Å²) in [6.07, 6.45) is 3.02. The number of rotatable bonds is 3. The smallest absolute Gasteiger partial charge is 0.149 e. The van der Waals surface area contributed by atoms with E-state index in [9.17, 15) is 8.42 Å². The summed E-state index contributed by atoms with van der Waals surface area (Å²) in [6, 6.07) is 7.08. The van der Waals surface area contributed by atoms with Gasteiger partial charge in [-0.15, -0.1) is 0 Å². The fourth-order valence-corrected chi connectivity index (χ4v) is 3.49. The first-order chi connectivity index (χ1) is 8.83. The second-order valence-electron chi connectivity index (χ2n) is 4.64. The highest BCUT2D eigenvalue weighted by Crippen LogP contribution is 2.29. The first kappa shape index (κ1) is 13.9. The van der Waals surface area contributed by atoms with Gasteiger partial charge in [0.15, 0.2) is 0 Å². The summed E-state index contributed by atoms with van der Waals surface area (Å²) >= 11 is 6.14. The van der Waals surface area contributed by atoms with Crippen LogP contribution in [0.1, 0.15) is 18.5 Å². The zero-order chi connectivity index (χ0) is 14.2. The molecule has 0 aliphatic heterocycles. The van der Waals surface area contributed by atoms with Crippen LogP contribution >= 0.6 is 11.6 Å². The van der Waals surface area contributed by atoms with E-state index in [1.54, 1.807) is 24.4 Å². The van der Waals surface area contributed by atoms with Crippen molar-refractivity contribution < 1.29 is 8.42 Å². The topological polar surface area (TPSA) is 62.9 Å². The van der Waals surface area contributed by atoms with Gasteiger partial charge in [-0.25, -0.2) is 8.42 Å². The molecular formula is C13H13ClN2O2S. The number of nitrogens with zero attached hydrogens (tertiary/aromatic N) is 2. The minimum atomic E-state index is -3.05. The number of nitriles is 1. The molecule has 6 heteroatoms. The van der Waals surface area contributed by atoms with Crippen LogP contribution in [0.25, 0.3) is 10.9 Å². The lowest BCUT2D eigenvalue weighted by atomic mass is 10.1. The van der Waals surface area contributed by atoms with Gasteiger partial charge in [-0.1, -0.05) is 11.6 Å². The van der Waals surface area contributed by atoms with Crippen molar-refractivity contribution in [3.63, 3.8) is 0 Å². The lowest BCUT2D eigenvalue weighted by Gasteiger charge is -2.14. The highest BCUT2D eigenvalue weighted by molar-refractivity contribution is 7.90. The molecule has 1 unspecified atom stereocenters. The molecule has 100 valence electrons. The van der Waals surface area contributed by atoms with Crippen LogP contribution in [-0.2, 0) is 9.84 Å². The minimum absolute atomic E-state index is 0.0639. The van der Waals surface area contributed by atoms with E-state index < -0.39 is 9.84 Å². The average molecular weight is 297 g/mol. The molecule has 0 bridgehead atoms. The van der Waals surface area contributed by atoms with E-state index in [0.29, 0.717) is 10.6 Å². The maximum Gasteiger partial charge on any atom is 0.149 e. The fraction of sp³-hybridized carbons (Fsp3) is 0.308.